The number of hydrogen-bond donors (Lipinski definition) is 1. The lowest BCUT2D eigenvalue weighted by atomic mass is 10.3. The topological polar surface area (TPSA) is 35.2 Å². The van der Waals surface area contributed by atoms with Crippen LogP contribution in [0.25, 0.3) is 0 Å². The highest BCUT2D eigenvalue weighted by Gasteiger charge is 2.05. The molecule has 0 radical (unpaired) electrons. The van der Waals surface area contributed by atoms with Gasteiger partial charge >= 0.3 is 0 Å². The van der Waals surface area contributed by atoms with Crippen LogP contribution in [0.1, 0.15) is 6.92 Å². The highest BCUT2D eigenvalue weighted by atomic mass is 79.9. The van der Waals surface area contributed by atoms with E-state index < -0.39 is 0 Å². The van der Waals surface area contributed by atoms with E-state index in [-0.39, 0.29) is 5.82 Å². The minimum Gasteiger partial charge on any atom is -0.492 e. The third kappa shape index (κ3) is 1.88. The van der Waals surface area contributed by atoms with Crippen molar-refractivity contribution in [2.75, 3.05) is 12.3 Å². The molecular formula is C8H9BrFNO. The summed E-state index contributed by atoms with van der Waals surface area (Å²) in [6, 6.07) is 2.75. The van der Waals surface area contributed by atoms with Crippen LogP contribution in [-0.4, -0.2) is 6.61 Å². The summed E-state index contributed by atoms with van der Waals surface area (Å²) >= 11 is 3.02. The Labute approximate surface area is 78.6 Å². The largest absolute Gasteiger partial charge is 0.492 e. The molecule has 0 atom stereocenters. The standard InChI is InChI=1S/C8H9BrFNO/c1-2-12-8-4-6(10)5(9)3-7(8)11/h3-4H,2,11H2,1H3. The third-order valence-electron chi connectivity index (χ3n) is 1.35. The molecule has 0 spiro atoms. The quantitative estimate of drug-likeness (QED) is 0.798. The molecule has 0 saturated carbocycles. The van der Waals surface area contributed by atoms with Crippen molar-refractivity contribution in [2.45, 2.75) is 6.92 Å². The second-order valence-corrected chi connectivity index (χ2v) is 3.09. The van der Waals surface area contributed by atoms with Crippen molar-refractivity contribution in [2.24, 2.45) is 0 Å². The monoisotopic (exact) mass is 233 g/mol. The van der Waals surface area contributed by atoms with E-state index in [0.717, 1.165) is 0 Å². The first-order valence-electron chi connectivity index (χ1n) is 3.52. The van der Waals surface area contributed by atoms with Gasteiger partial charge in [0, 0.05) is 6.07 Å². The maximum atomic E-state index is 12.9. The lowest BCUT2D eigenvalue weighted by molar-refractivity contribution is 0.340. The minimum atomic E-state index is -0.368. The number of anilines is 1. The molecule has 1 aromatic carbocycles. The van der Waals surface area contributed by atoms with Crippen LogP contribution in [-0.2, 0) is 0 Å². The molecule has 1 aromatic rings. The molecular weight excluding hydrogens is 225 g/mol. The van der Waals surface area contributed by atoms with Gasteiger partial charge in [0.2, 0.25) is 0 Å². The zero-order valence-electron chi connectivity index (χ0n) is 6.60. The third-order valence-corrected chi connectivity index (χ3v) is 1.96. The summed E-state index contributed by atoms with van der Waals surface area (Å²) in [6.07, 6.45) is 0. The Hall–Kier alpha value is -0.770. The number of nitrogen functional groups attached to an aromatic ring is 1. The van der Waals surface area contributed by atoms with E-state index in [1.807, 2.05) is 6.92 Å². The molecule has 4 heteroatoms. The Balaban J connectivity index is 3.05. The fraction of sp³-hybridized carbons (Fsp3) is 0.250. The molecule has 0 heterocycles. The molecule has 0 fully saturated rings. The molecule has 0 bridgehead atoms. The normalized spacial score (nSPS) is 9.92. The summed E-state index contributed by atoms with van der Waals surface area (Å²) in [6.45, 7) is 2.30. The molecule has 66 valence electrons. The van der Waals surface area contributed by atoms with Gasteiger partial charge in [-0.2, -0.15) is 0 Å². The molecule has 0 saturated heterocycles. The zero-order chi connectivity index (χ0) is 9.14. The lowest BCUT2D eigenvalue weighted by Gasteiger charge is -2.06. The Kier molecular flexibility index (Phi) is 2.92. The molecule has 0 aliphatic heterocycles. The SMILES string of the molecule is CCOc1cc(F)c(Br)cc1N. The predicted molar refractivity (Wildman–Crippen MR) is 49.7 cm³/mol. The molecule has 0 aliphatic carbocycles. The molecule has 2 N–H and O–H groups in total. The van der Waals surface area contributed by atoms with E-state index in [1.54, 1.807) is 0 Å². The molecule has 0 unspecified atom stereocenters. The summed E-state index contributed by atoms with van der Waals surface area (Å²) in [5.74, 6) is 0.0193. The first kappa shape index (κ1) is 9.32. The molecule has 2 nitrogen and oxygen atoms in total. The maximum absolute atomic E-state index is 12.9. The second-order valence-electron chi connectivity index (χ2n) is 2.24. The van der Waals surface area contributed by atoms with E-state index >= 15 is 0 Å². The van der Waals surface area contributed by atoms with E-state index in [4.69, 9.17) is 10.5 Å². The minimum absolute atomic E-state index is 0.350. The average Bonchev–Trinajstić information content (AvgIpc) is 2.01. The highest BCUT2D eigenvalue weighted by molar-refractivity contribution is 9.10. The van der Waals surface area contributed by atoms with Crippen LogP contribution >= 0.6 is 15.9 Å². The van der Waals surface area contributed by atoms with Crippen LogP contribution in [0, 0.1) is 5.82 Å². The van der Waals surface area contributed by atoms with Gasteiger partial charge in [0.15, 0.2) is 0 Å². The van der Waals surface area contributed by atoms with Crippen molar-refractivity contribution in [3.63, 3.8) is 0 Å². The molecule has 0 amide bonds. The smallest absolute Gasteiger partial charge is 0.145 e. The first-order valence-corrected chi connectivity index (χ1v) is 4.31. The Bertz CT molecular complexity index is 291. The van der Waals surface area contributed by atoms with Crippen molar-refractivity contribution in [3.8, 4) is 5.75 Å². The van der Waals surface area contributed by atoms with Gasteiger partial charge in [-0.25, -0.2) is 4.39 Å². The Morgan fingerprint density at radius 2 is 2.25 bits per heavy atom. The van der Waals surface area contributed by atoms with Crippen molar-refractivity contribution in [1.29, 1.82) is 0 Å². The summed E-state index contributed by atoms with van der Waals surface area (Å²) in [5.41, 5.74) is 5.99. The van der Waals surface area contributed by atoms with Crippen LogP contribution in [0.4, 0.5) is 10.1 Å². The molecule has 1 rings (SSSR count). The molecule has 12 heavy (non-hydrogen) atoms. The molecule has 0 aliphatic rings. The number of halogens is 2. The molecule has 0 aromatic heterocycles. The zero-order valence-corrected chi connectivity index (χ0v) is 8.19. The van der Waals surface area contributed by atoms with Gasteiger partial charge < -0.3 is 10.5 Å². The van der Waals surface area contributed by atoms with Crippen LogP contribution in [0.3, 0.4) is 0 Å². The number of ether oxygens (including phenoxy) is 1. The Morgan fingerprint density at radius 3 is 2.83 bits per heavy atom. The van der Waals surface area contributed by atoms with Gasteiger partial charge in [-0.1, -0.05) is 0 Å². The van der Waals surface area contributed by atoms with Gasteiger partial charge in [0.05, 0.1) is 16.8 Å². The van der Waals surface area contributed by atoms with E-state index in [0.29, 0.717) is 22.5 Å². The second kappa shape index (κ2) is 3.76. The average molecular weight is 234 g/mol. The predicted octanol–water partition coefficient (Wildman–Crippen LogP) is 2.57. The Morgan fingerprint density at radius 1 is 1.58 bits per heavy atom. The summed E-state index contributed by atoms with van der Waals surface area (Å²) in [4.78, 5) is 0. The van der Waals surface area contributed by atoms with Crippen molar-refractivity contribution in [1.82, 2.24) is 0 Å². The summed E-state index contributed by atoms with van der Waals surface area (Å²) in [5, 5.41) is 0. The summed E-state index contributed by atoms with van der Waals surface area (Å²) in [7, 11) is 0. The van der Waals surface area contributed by atoms with E-state index in [1.165, 1.54) is 12.1 Å². The number of hydrogen-bond acceptors (Lipinski definition) is 2. The van der Waals surface area contributed by atoms with Crippen LogP contribution in [0.15, 0.2) is 16.6 Å². The van der Waals surface area contributed by atoms with Crippen molar-refractivity contribution < 1.29 is 9.13 Å². The fourth-order valence-corrected chi connectivity index (χ4v) is 1.19. The van der Waals surface area contributed by atoms with Crippen LogP contribution in [0.5, 0.6) is 5.75 Å². The first-order chi connectivity index (χ1) is 5.65. The number of nitrogens with two attached hydrogens (primary N) is 1. The summed E-state index contributed by atoms with van der Waals surface area (Å²) < 4.78 is 18.3. The van der Waals surface area contributed by atoms with Gasteiger partial charge in [0.1, 0.15) is 11.6 Å². The van der Waals surface area contributed by atoms with Crippen molar-refractivity contribution >= 4 is 21.6 Å². The van der Waals surface area contributed by atoms with Crippen LogP contribution in [0.2, 0.25) is 0 Å². The van der Waals surface area contributed by atoms with Crippen LogP contribution < -0.4 is 10.5 Å². The van der Waals surface area contributed by atoms with Gasteiger partial charge in [-0.3, -0.25) is 0 Å². The highest BCUT2D eigenvalue weighted by Crippen LogP contribution is 2.28. The van der Waals surface area contributed by atoms with E-state index in [9.17, 15) is 4.39 Å². The van der Waals surface area contributed by atoms with Crippen molar-refractivity contribution in [3.05, 3.63) is 22.4 Å². The fourth-order valence-electron chi connectivity index (χ4n) is 0.824. The number of rotatable bonds is 2. The van der Waals surface area contributed by atoms with Gasteiger partial charge in [-0.15, -0.1) is 0 Å². The van der Waals surface area contributed by atoms with Gasteiger partial charge in [-0.05, 0) is 28.9 Å². The maximum Gasteiger partial charge on any atom is 0.145 e. The van der Waals surface area contributed by atoms with Gasteiger partial charge in [0.25, 0.3) is 0 Å². The van der Waals surface area contributed by atoms with E-state index in [2.05, 4.69) is 15.9 Å². The number of benzene rings is 1. The lowest BCUT2D eigenvalue weighted by Crippen LogP contribution is -1.97.